The SMILES string of the molecule is Clc1cccc(C=Cc2ccccn2)c1Cl. The first-order valence-electron chi connectivity index (χ1n) is 4.80. The van der Waals surface area contributed by atoms with Crippen LogP contribution in [0.2, 0.25) is 10.0 Å². The Balaban J connectivity index is 2.28. The van der Waals surface area contributed by atoms with Crippen LogP contribution in [0.25, 0.3) is 12.2 Å². The molecule has 0 bridgehead atoms. The predicted octanol–water partition coefficient (Wildman–Crippen LogP) is 4.56. The molecule has 3 heteroatoms. The van der Waals surface area contributed by atoms with Crippen molar-refractivity contribution in [1.29, 1.82) is 0 Å². The van der Waals surface area contributed by atoms with Crippen LogP contribution in [-0.2, 0) is 0 Å². The summed E-state index contributed by atoms with van der Waals surface area (Å²) >= 11 is 12.0. The van der Waals surface area contributed by atoms with E-state index in [4.69, 9.17) is 23.2 Å². The van der Waals surface area contributed by atoms with E-state index in [2.05, 4.69) is 4.98 Å². The first-order chi connectivity index (χ1) is 7.77. The fraction of sp³-hybridized carbons (Fsp3) is 0. The lowest BCUT2D eigenvalue weighted by molar-refractivity contribution is 1.30. The van der Waals surface area contributed by atoms with Crippen molar-refractivity contribution >= 4 is 35.4 Å². The first-order valence-corrected chi connectivity index (χ1v) is 5.56. The van der Waals surface area contributed by atoms with Gasteiger partial charge in [-0.1, -0.05) is 47.5 Å². The Bertz CT molecular complexity index is 507. The maximum absolute atomic E-state index is 6.06. The highest BCUT2D eigenvalue weighted by atomic mass is 35.5. The number of nitrogens with zero attached hydrogens (tertiary/aromatic N) is 1. The topological polar surface area (TPSA) is 12.9 Å². The Hall–Kier alpha value is -1.31. The van der Waals surface area contributed by atoms with Gasteiger partial charge in [-0.2, -0.15) is 0 Å². The average molecular weight is 250 g/mol. The molecule has 1 aromatic heterocycles. The number of pyridine rings is 1. The van der Waals surface area contributed by atoms with Crippen molar-refractivity contribution in [2.75, 3.05) is 0 Å². The van der Waals surface area contributed by atoms with Gasteiger partial charge >= 0.3 is 0 Å². The van der Waals surface area contributed by atoms with Gasteiger partial charge in [-0.25, -0.2) is 0 Å². The summed E-state index contributed by atoms with van der Waals surface area (Å²) in [6.07, 6.45) is 5.55. The molecule has 1 aromatic carbocycles. The molecule has 80 valence electrons. The van der Waals surface area contributed by atoms with Crippen molar-refractivity contribution in [2.45, 2.75) is 0 Å². The third-order valence-electron chi connectivity index (χ3n) is 2.10. The molecule has 1 heterocycles. The summed E-state index contributed by atoms with van der Waals surface area (Å²) in [7, 11) is 0. The van der Waals surface area contributed by atoms with Crippen LogP contribution >= 0.6 is 23.2 Å². The summed E-state index contributed by atoms with van der Waals surface area (Å²) in [6, 6.07) is 11.3. The van der Waals surface area contributed by atoms with E-state index in [1.807, 2.05) is 42.5 Å². The quantitative estimate of drug-likeness (QED) is 0.761. The third kappa shape index (κ3) is 2.63. The van der Waals surface area contributed by atoms with E-state index >= 15 is 0 Å². The van der Waals surface area contributed by atoms with E-state index in [0.717, 1.165) is 11.3 Å². The van der Waals surface area contributed by atoms with Crippen LogP contribution < -0.4 is 0 Å². The third-order valence-corrected chi connectivity index (χ3v) is 2.94. The van der Waals surface area contributed by atoms with Gasteiger partial charge in [0, 0.05) is 6.20 Å². The number of rotatable bonds is 2. The van der Waals surface area contributed by atoms with Crippen LogP contribution in [0.5, 0.6) is 0 Å². The highest BCUT2D eigenvalue weighted by Gasteiger charge is 2.00. The van der Waals surface area contributed by atoms with Crippen molar-refractivity contribution in [3.05, 3.63) is 63.9 Å². The van der Waals surface area contributed by atoms with Crippen molar-refractivity contribution in [3.8, 4) is 0 Å². The Morgan fingerprint density at radius 2 is 1.81 bits per heavy atom. The van der Waals surface area contributed by atoms with Crippen LogP contribution in [0.15, 0.2) is 42.6 Å². The zero-order valence-electron chi connectivity index (χ0n) is 8.40. The van der Waals surface area contributed by atoms with E-state index in [9.17, 15) is 0 Å². The van der Waals surface area contributed by atoms with Crippen molar-refractivity contribution in [2.24, 2.45) is 0 Å². The molecule has 0 saturated carbocycles. The van der Waals surface area contributed by atoms with Gasteiger partial charge in [0.15, 0.2) is 0 Å². The van der Waals surface area contributed by atoms with Gasteiger partial charge in [0.2, 0.25) is 0 Å². The number of halogens is 2. The maximum Gasteiger partial charge on any atom is 0.0664 e. The van der Waals surface area contributed by atoms with Crippen molar-refractivity contribution in [1.82, 2.24) is 4.98 Å². The summed E-state index contributed by atoms with van der Waals surface area (Å²) in [6.45, 7) is 0. The molecule has 0 aliphatic heterocycles. The van der Waals surface area contributed by atoms with Gasteiger partial charge < -0.3 is 0 Å². The fourth-order valence-corrected chi connectivity index (χ4v) is 1.67. The molecule has 0 unspecified atom stereocenters. The van der Waals surface area contributed by atoms with Gasteiger partial charge in [-0.3, -0.25) is 4.98 Å². The van der Waals surface area contributed by atoms with Crippen LogP contribution in [0.1, 0.15) is 11.3 Å². The number of benzene rings is 1. The molecule has 16 heavy (non-hydrogen) atoms. The zero-order chi connectivity index (χ0) is 11.4. The minimum atomic E-state index is 0.560. The van der Waals surface area contributed by atoms with E-state index in [1.165, 1.54) is 0 Å². The highest BCUT2D eigenvalue weighted by molar-refractivity contribution is 6.42. The second kappa shape index (κ2) is 5.15. The molecule has 1 nitrogen and oxygen atoms in total. The molecule has 0 aliphatic carbocycles. The summed E-state index contributed by atoms with van der Waals surface area (Å²) in [5.41, 5.74) is 1.78. The molecular weight excluding hydrogens is 241 g/mol. The smallest absolute Gasteiger partial charge is 0.0664 e. The summed E-state index contributed by atoms with van der Waals surface area (Å²) in [5.74, 6) is 0. The van der Waals surface area contributed by atoms with E-state index < -0.39 is 0 Å². The standard InChI is InChI=1S/C13H9Cl2N/c14-12-6-3-4-10(13(12)15)7-8-11-5-1-2-9-16-11/h1-9H. The Kier molecular flexibility index (Phi) is 3.60. The Labute approximate surface area is 104 Å². The van der Waals surface area contributed by atoms with Crippen molar-refractivity contribution in [3.63, 3.8) is 0 Å². The molecule has 0 amide bonds. The highest BCUT2D eigenvalue weighted by Crippen LogP contribution is 2.26. The van der Waals surface area contributed by atoms with E-state index in [1.54, 1.807) is 12.3 Å². The molecule has 2 aromatic rings. The molecule has 0 saturated heterocycles. The lowest BCUT2D eigenvalue weighted by Crippen LogP contribution is -1.78. The Morgan fingerprint density at radius 1 is 0.938 bits per heavy atom. The molecule has 0 spiro atoms. The fourth-order valence-electron chi connectivity index (χ4n) is 1.30. The zero-order valence-corrected chi connectivity index (χ0v) is 9.91. The molecule has 0 atom stereocenters. The molecule has 0 radical (unpaired) electrons. The van der Waals surface area contributed by atoms with Gasteiger partial charge in [0.05, 0.1) is 15.7 Å². The van der Waals surface area contributed by atoms with E-state index in [0.29, 0.717) is 10.0 Å². The minimum Gasteiger partial charge on any atom is -0.257 e. The largest absolute Gasteiger partial charge is 0.257 e. The number of hydrogen-bond donors (Lipinski definition) is 0. The lowest BCUT2D eigenvalue weighted by Gasteiger charge is -1.99. The summed E-state index contributed by atoms with van der Waals surface area (Å²) < 4.78 is 0. The minimum absolute atomic E-state index is 0.560. The second-order valence-electron chi connectivity index (χ2n) is 3.23. The monoisotopic (exact) mass is 249 g/mol. The predicted molar refractivity (Wildman–Crippen MR) is 69.6 cm³/mol. The lowest BCUT2D eigenvalue weighted by atomic mass is 10.2. The maximum atomic E-state index is 6.06. The van der Waals surface area contributed by atoms with Gasteiger partial charge in [0.1, 0.15) is 0 Å². The van der Waals surface area contributed by atoms with E-state index in [-0.39, 0.29) is 0 Å². The second-order valence-corrected chi connectivity index (χ2v) is 4.02. The van der Waals surface area contributed by atoms with Gasteiger partial charge in [0.25, 0.3) is 0 Å². The molecule has 0 N–H and O–H groups in total. The van der Waals surface area contributed by atoms with Crippen LogP contribution in [0, 0.1) is 0 Å². The summed E-state index contributed by atoms with van der Waals surface area (Å²) in [5, 5.41) is 1.13. The number of aromatic nitrogens is 1. The summed E-state index contributed by atoms with van der Waals surface area (Å²) in [4.78, 5) is 4.18. The molecule has 0 aliphatic rings. The first kappa shape index (κ1) is 11.2. The van der Waals surface area contributed by atoms with Gasteiger partial charge in [-0.05, 0) is 29.8 Å². The average Bonchev–Trinajstić information content (AvgIpc) is 2.32. The van der Waals surface area contributed by atoms with Crippen LogP contribution in [0.4, 0.5) is 0 Å². The van der Waals surface area contributed by atoms with Crippen LogP contribution in [-0.4, -0.2) is 4.98 Å². The normalized spacial score (nSPS) is 10.9. The molecular formula is C13H9Cl2N. The Morgan fingerprint density at radius 3 is 2.56 bits per heavy atom. The van der Waals surface area contributed by atoms with Crippen LogP contribution in [0.3, 0.4) is 0 Å². The van der Waals surface area contributed by atoms with Gasteiger partial charge in [-0.15, -0.1) is 0 Å². The molecule has 0 fully saturated rings. The molecule has 2 rings (SSSR count). The van der Waals surface area contributed by atoms with Crippen molar-refractivity contribution < 1.29 is 0 Å². The number of hydrogen-bond acceptors (Lipinski definition) is 1.